The Labute approximate surface area is 156 Å². The number of ether oxygens (including phenoxy) is 1. The highest BCUT2D eigenvalue weighted by Gasteiger charge is 2.28. The van der Waals surface area contributed by atoms with Crippen LogP contribution in [0.25, 0.3) is 11.2 Å². The molecule has 26 heavy (non-hydrogen) atoms. The highest BCUT2D eigenvalue weighted by Crippen LogP contribution is 2.36. The number of anilines is 1. The van der Waals surface area contributed by atoms with Crippen LogP contribution in [-0.2, 0) is 4.74 Å². The number of amides is 1. The van der Waals surface area contributed by atoms with E-state index in [0.717, 1.165) is 19.3 Å². The molecule has 0 saturated heterocycles. The number of thioether (sulfide) groups is 1. The van der Waals surface area contributed by atoms with Crippen LogP contribution in [0.15, 0.2) is 11.5 Å². The lowest BCUT2D eigenvalue weighted by atomic mass is 10.1. The van der Waals surface area contributed by atoms with Gasteiger partial charge in [0.2, 0.25) is 0 Å². The Morgan fingerprint density at radius 3 is 2.81 bits per heavy atom. The van der Waals surface area contributed by atoms with Gasteiger partial charge in [-0.3, -0.25) is 5.32 Å². The van der Waals surface area contributed by atoms with Gasteiger partial charge in [-0.2, -0.15) is 0 Å². The molecule has 2 unspecified atom stereocenters. The Hall–Kier alpha value is -1.87. The number of rotatable bonds is 4. The van der Waals surface area contributed by atoms with Gasteiger partial charge in [-0.25, -0.2) is 19.7 Å². The van der Waals surface area contributed by atoms with Gasteiger partial charge in [-0.05, 0) is 52.2 Å². The zero-order chi connectivity index (χ0) is 18.9. The van der Waals surface area contributed by atoms with Gasteiger partial charge < -0.3 is 14.4 Å². The minimum Gasteiger partial charge on any atom is -0.444 e. The number of fused-ring (bicyclic) bond motifs is 1. The van der Waals surface area contributed by atoms with Gasteiger partial charge in [0.05, 0.1) is 6.33 Å². The van der Waals surface area contributed by atoms with Crippen LogP contribution in [0.2, 0.25) is 0 Å². The van der Waals surface area contributed by atoms with E-state index in [4.69, 9.17) is 4.74 Å². The number of imidazole rings is 1. The first-order valence-corrected chi connectivity index (χ1v) is 9.92. The summed E-state index contributed by atoms with van der Waals surface area (Å²) >= 11 is 1.40. The van der Waals surface area contributed by atoms with Gasteiger partial charge in [0.1, 0.15) is 5.60 Å². The SMILES string of the molecule is CSc1nc(NC(=O)OC(C)(C)C)c2ncn(C3CCC(CO)C3)c2n1. The molecule has 0 spiro atoms. The molecule has 1 saturated carbocycles. The van der Waals surface area contributed by atoms with Crippen LogP contribution in [0.1, 0.15) is 46.1 Å². The molecule has 0 radical (unpaired) electrons. The lowest BCUT2D eigenvalue weighted by Crippen LogP contribution is -2.27. The number of carbonyl (C=O) groups excluding carboxylic acids is 1. The minimum absolute atomic E-state index is 0.208. The number of aliphatic hydroxyl groups excluding tert-OH is 1. The summed E-state index contributed by atoms with van der Waals surface area (Å²) < 4.78 is 7.35. The number of aliphatic hydroxyl groups is 1. The second-order valence-electron chi connectivity index (χ2n) is 7.53. The summed E-state index contributed by atoms with van der Waals surface area (Å²) in [7, 11) is 0. The van der Waals surface area contributed by atoms with Crippen LogP contribution in [-0.4, -0.2) is 49.2 Å². The minimum atomic E-state index is -0.596. The molecular formula is C17H25N5O3S. The fourth-order valence-corrected chi connectivity index (χ4v) is 3.57. The first kappa shape index (κ1) is 18.9. The summed E-state index contributed by atoms with van der Waals surface area (Å²) in [4.78, 5) is 25.6. The molecule has 2 aromatic heterocycles. The molecule has 3 rings (SSSR count). The molecule has 1 aliphatic carbocycles. The summed E-state index contributed by atoms with van der Waals surface area (Å²) in [6.07, 6.45) is 5.93. The van der Waals surface area contributed by atoms with Crippen LogP contribution in [0, 0.1) is 5.92 Å². The van der Waals surface area contributed by atoms with Crippen molar-refractivity contribution in [3.05, 3.63) is 6.33 Å². The molecule has 2 aromatic rings. The van der Waals surface area contributed by atoms with Gasteiger partial charge in [0.25, 0.3) is 0 Å². The molecule has 0 aliphatic heterocycles. The topological polar surface area (TPSA) is 102 Å². The molecule has 2 N–H and O–H groups in total. The van der Waals surface area contributed by atoms with Crippen molar-refractivity contribution in [3.8, 4) is 0 Å². The summed E-state index contributed by atoms with van der Waals surface area (Å²) in [5.41, 5.74) is 0.640. The predicted octanol–water partition coefficient (Wildman–Crippen LogP) is 3.23. The van der Waals surface area contributed by atoms with E-state index < -0.39 is 11.7 Å². The summed E-state index contributed by atoms with van der Waals surface area (Å²) in [6, 6.07) is 0.246. The van der Waals surface area contributed by atoms with E-state index in [-0.39, 0.29) is 12.6 Å². The van der Waals surface area contributed by atoms with Crippen LogP contribution in [0.3, 0.4) is 0 Å². The first-order valence-electron chi connectivity index (χ1n) is 8.70. The third-order valence-corrected chi connectivity index (χ3v) is 4.92. The summed E-state index contributed by atoms with van der Waals surface area (Å²) in [5, 5.41) is 12.7. The van der Waals surface area contributed by atoms with E-state index >= 15 is 0 Å². The maximum Gasteiger partial charge on any atom is 0.413 e. The van der Waals surface area contributed by atoms with Crippen molar-refractivity contribution in [2.45, 2.75) is 56.8 Å². The van der Waals surface area contributed by atoms with E-state index in [1.54, 1.807) is 6.33 Å². The largest absolute Gasteiger partial charge is 0.444 e. The Morgan fingerprint density at radius 1 is 1.42 bits per heavy atom. The van der Waals surface area contributed by atoms with Crippen molar-refractivity contribution in [3.63, 3.8) is 0 Å². The number of aromatic nitrogens is 4. The average molecular weight is 379 g/mol. The van der Waals surface area contributed by atoms with Crippen LogP contribution >= 0.6 is 11.8 Å². The Kier molecular flexibility index (Phi) is 5.38. The van der Waals surface area contributed by atoms with E-state index in [9.17, 15) is 9.90 Å². The Balaban J connectivity index is 1.93. The van der Waals surface area contributed by atoms with Crippen LogP contribution < -0.4 is 5.32 Å². The molecule has 2 heterocycles. The van der Waals surface area contributed by atoms with Crippen molar-refractivity contribution >= 4 is 34.8 Å². The van der Waals surface area contributed by atoms with E-state index in [0.29, 0.717) is 28.1 Å². The number of nitrogens with one attached hydrogen (secondary N) is 1. The van der Waals surface area contributed by atoms with Gasteiger partial charge in [0, 0.05) is 12.6 Å². The number of nitrogens with zero attached hydrogens (tertiary/aromatic N) is 4. The van der Waals surface area contributed by atoms with Gasteiger partial charge >= 0.3 is 6.09 Å². The monoisotopic (exact) mass is 379 g/mol. The van der Waals surface area contributed by atoms with Crippen molar-refractivity contribution < 1.29 is 14.6 Å². The van der Waals surface area contributed by atoms with Crippen LogP contribution in [0.4, 0.5) is 10.6 Å². The molecular weight excluding hydrogens is 354 g/mol. The van der Waals surface area contributed by atoms with Gasteiger partial charge in [0.15, 0.2) is 22.1 Å². The third-order valence-electron chi connectivity index (χ3n) is 4.37. The zero-order valence-corrected chi connectivity index (χ0v) is 16.3. The van der Waals surface area contributed by atoms with Crippen molar-refractivity contribution in [2.75, 3.05) is 18.2 Å². The highest BCUT2D eigenvalue weighted by molar-refractivity contribution is 7.98. The van der Waals surface area contributed by atoms with Crippen molar-refractivity contribution in [1.82, 2.24) is 19.5 Å². The van der Waals surface area contributed by atoms with E-state index in [1.807, 2.05) is 31.6 Å². The lowest BCUT2D eigenvalue weighted by molar-refractivity contribution is 0.0635. The molecule has 1 amide bonds. The second kappa shape index (κ2) is 7.40. The summed E-state index contributed by atoms with van der Waals surface area (Å²) in [6.45, 7) is 5.63. The number of hydrogen-bond acceptors (Lipinski definition) is 7. The molecule has 1 fully saturated rings. The highest BCUT2D eigenvalue weighted by atomic mass is 32.2. The third kappa shape index (κ3) is 4.09. The standard InChI is InChI=1S/C17H25N5O3S/c1-17(2,3)25-16(24)20-13-12-14(21-15(19-13)26-4)22(9-18-12)11-6-5-10(7-11)8-23/h9-11,23H,5-8H2,1-4H3,(H,19,20,21,24). The van der Waals surface area contributed by atoms with E-state index in [1.165, 1.54) is 11.8 Å². The molecule has 0 aromatic carbocycles. The molecule has 142 valence electrons. The van der Waals surface area contributed by atoms with Crippen molar-refractivity contribution in [1.29, 1.82) is 0 Å². The first-order chi connectivity index (χ1) is 12.3. The fraction of sp³-hybridized carbons (Fsp3) is 0.647. The van der Waals surface area contributed by atoms with Crippen LogP contribution in [0.5, 0.6) is 0 Å². The number of hydrogen-bond donors (Lipinski definition) is 2. The maximum atomic E-state index is 12.2. The predicted molar refractivity (Wildman–Crippen MR) is 100 cm³/mol. The van der Waals surface area contributed by atoms with E-state index in [2.05, 4.69) is 20.3 Å². The fourth-order valence-electron chi connectivity index (χ4n) is 3.21. The van der Waals surface area contributed by atoms with Crippen molar-refractivity contribution in [2.24, 2.45) is 5.92 Å². The summed E-state index contributed by atoms with van der Waals surface area (Å²) in [5.74, 6) is 0.669. The normalized spacial score (nSPS) is 20.5. The quantitative estimate of drug-likeness (QED) is 0.621. The lowest BCUT2D eigenvalue weighted by Gasteiger charge is -2.19. The second-order valence-corrected chi connectivity index (χ2v) is 8.30. The average Bonchev–Trinajstić information content (AvgIpc) is 3.18. The van der Waals surface area contributed by atoms with Gasteiger partial charge in [-0.1, -0.05) is 11.8 Å². The zero-order valence-electron chi connectivity index (χ0n) is 15.5. The Morgan fingerprint density at radius 2 is 2.19 bits per heavy atom. The molecule has 8 nitrogen and oxygen atoms in total. The molecule has 2 atom stereocenters. The Bertz CT molecular complexity index is 802. The molecule has 1 aliphatic rings. The maximum absolute atomic E-state index is 12.2. The molecule has 9 heteroatoms. The van der Waals surface area contributed by atoms with Gasteiger partial charge in [-0.15, -0.1) is 0 Å². The molecule has 0 bridgehead atoms. The smallest absolute Gasteiger partial charge is 0.413 e. The number of carbonyl (C=O) groups is 1.